The van der Waals surface area contributed by atoms with Crippen LogP contribution in [0.5, 0.6) is 5.75 Å². The van der Waals surface area contributed by atoms with Crippen LogP contribution >= 0.6 is 0 Å². The van der Waals surface area contributed by atoms with Gasteiger partial charge in [-0.1, -0.05) is 6.07 Å². The third-order valence-corrected chi connectivity index (χ3v) is 3.04. The molecule has 2 aromatic heterocycles. The molecule has 0 bridgehead atoms. The van der Waals surface area contributed by atoms with Crippen LogP contribution in [-0.2, 0) is 0 Å². The van der Waals surface area contributed by atoms with Crippen molar-refractivity contribution in [3.05, 3.63) is 42.9 Å². The molecule has 0 aliphatic carbocycles. The number of hydrogen-bond acceptors (Lipinski definition) is 5. The number of anilines is 3. The smallest absolute Gasteiger partial charge is 0.180 e. The Kier molecular flexibility index (Phi) is 3.59. The zero-order valence-corrected chi connectivity index (χ0v) is 12.0. The highest BCUT2D eigenvalue weighted by molar-refractivity contribution is 5.72. The first-order valence-electron chi connectivity index (χ1n) is 6.81. The number of hydrogen-bond donors (Lipinski definition) is 2. The average Bonchev–Trinajstić information content (AvgIpc) is 2.96. The first kappa shape index (κ1) is 13.2. The molecule has 108 valence electrons. The number of rotatable bonds is 5. The molecule has 0 aliphatic rings. The molecule has 0 fully saturated rings. The van der Waals surface area contributed by atoms with Crippen LogP contribution in [0.15, 0.2) is 42.9 Å². The van der Waals surface area contributed by atoms with E-state index in [0.717, 1.165) is 22.9 Å². The van der Waals surface area contributed by atoms with Crippen LogP contribution in [0.25, 0.3) is 5.65 Å². The van der Waals surface area contributed by atoms with Gasteiger partial charge < -0.3 is 19.8 Å². The summed E-state index contributed by atoms with van der Waals surface area (Å²) in [6, 6.07) is 7.78. The summed E-state index contributed by atoms with van der Waals surface area (Å²) in [5, 5.41) is 6.33. The molecular formula is C15H17N5O. The van der Waals surface area contributed by atoms with Gasteiger partial charge in [-0.2, -0.15) is 0 Å². The number of ether oxygens (including phenoxy) is 1. The van der Waals surface area contributed by atoms with E-state index in [0.29, 0.717) is 12.4 Å². The maximum atomic E-state index is 5.51. The van der Waals surface area contributed by atoms with E-state index in [1.165, 1.54) is 0 Å². The van der Waals surface area contributed by atoms with Crippen molar-refractivity contribution in [2.24, 2.45) is 0 Å². The van der Waals surface area contributed by atoms with Crippen molar-refractivity contribution in [2.45, 2.75) is 6.92 Å². The maximum absolute atomic E-state index is 5.51. The Morgan fingerprint density at radius 2 is 2.24 bits per heavy atom. The summed E-state index contributed by atoms with van der Waals surface area (Å²) < 4.78 is 7.43. The largest absolute Gasteiger partial charge is 0.494 e. The van der Waals surface area contributed by atoms with Gasteiger partial charge in [0, 0.05) is 31.2 Å². The second kappa shape index (κ2) is 5.70. The number of nitrogens with one attached hydrogen (secondary N) is 2. The Balaban J connectivity index is 1.97. The highest BCUT2D eigenvalue weighted by Crippen LogP contribution is 2.23. The Morgan fingerprint density at radius 3 is 3.05 bits per heavy atom. The number of nitrogens with zero attached hydrogens (tertiary/aromatic N) is 3. The van der Waals surface area contributed by atoms with Crippen molar-refractivity contribution in [1.82, 2.24) is 14.4 Å². The first-order valence-corrected chi connectivity index (χ1v) is 6.81. The predicted octanol–water partition coefficient (Wildman–Crippen LogP) is 2.91. The number of benzene rings is 1. The lowest BCUT2D eigenvalue weighted by atomic mass is 10.3. The maximum Gasteiger partial charge on any atom is 0.180 e. The Morgan fingerprint density at radius 1 is 1.33 bits per heavy atom. The van der Waals surface area contributed by atoms with E-state index in [1.54, 1.807) is 6.20 Å². The highest BCUT2D eigenvalue weighted by atomic mass is 16.5. The Bertz CT molecular complexity index is 753. The molecule has 3 rings (SSSR count). The van der Waals surface area contributed by atoms with Gasteiger partial charge in [0.1, 0.15) is 11.6 Å². The van der Waals surface area contributed by atoms with Crippen molar-refractivity contribution in [3.8, 4) is 5.75 Å². The van der Waals surface area contributed by atoms with Crippen LogP contribution in [0.4, 0.5) is 17.3 Å². The Hall–Kier alpha value is -2.76. The van der Waals surface area contributed by atoms with E-state index < -0.39 is 0 Å². The molecule has 6 nitrogen and oxygen atoms in total. The quantitative estimate of drug-likeness (QED) is 0.754. The second-order valence-corrected chi connectivity index (χ2v) is 4.47. The molecule has 0 saturated heterocycles. The minimum absolute atomic E-state index is 0.640. The monoisotopic (exact) mass is 283 g/mol. The molecule has 0 amide bonds. The van der Waals surface area contributed by atoms with E-state index in [9.17, 15) is 0 Å². The summed E-state index contributed by atoms with van der Waals surface area (Å²) in [5.74, 6) is 2.29. The molecule has 0 saturated carbocycles. The summed E-state index contributed by atoms with van der Waals surface area (Å²) in [5.41, 5.74) is 1.68. The van der Waals surface area contributed by atoms with Gasteiger partial charge in [0.15, 0.2) is 11.5 Å². The fraction of sp³-hybridized carbons (Fsp3) is 0.200. The number of imidazole rings is 1. The fourth-order valence-corrected chi connectivity index (χ4v) is 2.10. The van der Waals surface area contributed by atoms with Gasteiger partial charge in [0.05, 0.1) is 12.8 Å². The van der Waals surface area contributed by atoms with Gasteiger partial charge >= 0.3 is 0 Å². The van der Waals surface area contributed by atoms with E-state index in [4.69, 9.17) is 4.74 Å². The summed E-state index contributed by atoms with van der Waals surface area (Å²) in [6.45, 7) is 2.60. The van der Waals surface area contributed by atoms with E-state index in [-0.39, 0.29) is 0 Å². The average molecular weight is 283 g/mol. The zero-order chi connectivity index (χ0) is 14.7. The van der Waals surface area contributed by atoms with Crippen LogP contribution in [-0.4, -0.2) is 28.0 Å². The van der Waals surface area contributed by atoms with Gasteiger partial charge in [-0.3, -0.25) is 0 Å². The van der Waals surface area contributed by atoms with Crippen LogP contribution in [0.3, 0.4) is 0 Å². The number of aromatic nitrogens is 3. The van der Waals surface area contributed by atoms with Crippen LogP contribution < -0.4 is 15.4 Å². The molecule has 21 heavy (non-hydrogen) atoms. The molecular weight excluding hydrogens is 266 g/mol. The highest BCUT2D eigenvalue weighted by Gasteiger charge is 2.07. The van der Waals surface area contributed by atoms with Crippen molar-refractivity contribution < 1.29 is 4.74 Å². The molecule has 2 heterocycles. The molecule has 0 unspecified atom stereocenters. The van der Waals surface area contributed by atoms with Gasteiger partial charge in [0.25, 0.3) is 0 Å². The van der Waals surface area contributed by atoms with Crippen LogP contribution in [0.2, 0.25) is 0 Å². The van der Waals surface area contributed by atoms with Gasteiger partial charge in [-0.05, 0) is 19.1 Å². The summed E-state index contributed by atoms with van der Waals surface area (Å²) in [7, 11) is 1.84. The van der Waals surface area contributed by atoms with Crippen molar-refractivity contribution in [1.29, 1.82) is 0 Å². The fourth-order valence-electron chi connectivity index (χ4n) is 2.10. The molecule has 2 N–H and O–H groups in total. The zero-order valence-electron chi connectivity index (χ0n) is 12.0. The second-order valence-electron chi connectivity index (χ2n) is 4.47. The van der Waals surface area contributed by atoms with E-state index >= 15 is 0 Å². The molecule has 0 aliphatic heterocycles. The van der Waals surface area contributed by atoms with Crippen LogP contribution in [0, 0.1) is 0 Å². The SMILES string of the molecule is CCOc1cccc(Nc2nc(NC)cn3ccnc23)c1. The molecule has 0 atom stereocenters. The van der Waals surface area contributed by atoms with Crippen molar-refractivity contribution in [3.63, 3.8) is 0 Å². The summed E-state index contributed by atoms with van der Waals surface area (Å²) in [6.07, 6.45) is 5.53. The normalized spacial score (nSPS) is 10.6. The van der Waals surface area contributed by atoms with E-state index in [2.05, 4.69) is 20.6 Å². The van der Waals surface area contributed by atoms with Crippen molar-refractivity contribution in [2.75, 3.05) is 24.3 Å². The summed E-state index contributed by atoms with van der Waals surface area (Å²) >= 11 is 0. The lowest BCUT2D eigenvalue weighted by Gasteiger charge is -2.10. The van der Waals surface area contributed by atoms with Gasteiger partial charge in [0.2, 0.25) is 0 Å². The first-order chi connectivity index (χ1) is 10.3. The summed E-state index contributed by atoms with van der Waals surface area (Å²) in [4.78, 5) is 8.84. The lowest BCUT2D eigenvalue weighted by Crippen LogP contribution is -2.02. The van der Waals surface area contributed by atoms with Crippen molar-refractivity contribution >= 4 is 23.0 Å². The molecule has 6 heteroatoms. The molecule has 0 spiro atoms. The predicted molar refractivity (Wildman–Crippen MR) is 83.4 cm³/mol. The topological polar surface area (TPSA) is 63.5 Å². The van der Waals surface area contributed by atoms with E-state index in [1.807, 2.05) is 55.0 Å². The Labute approximate surface area is 122 Å². The van der Waals surface area contributed by atoms with Gasteiger partial charge in [-0.15, -0.1) is 0 Å². The third-order valence-electron chi connectivity index (χ3n) is 3.04. The van der Waals surface area contributed by atoms with Crippen LogP contribution in [0.1, 0.15) is 6.92 Å². The molecule has 3 aromatic rings. The number of fused-ring (bicyclic) bond motifs is 1. The standard InChI is InChI=1S/C15H17N5O/c1-3-21-12-6-4-5-11(9-12)18-14-15-17-7-8-20(15)10-13(16-2)19-14/h4-10,16H,3H2,1-2H3,(H,18,19). The third kappa shape index (κ3) is 2.74. The minimum Gasteiger partial charge on any atom is -0.494 e. The molecule has 0 radical (unpaired) electrons. The molecule has 1 aromatic carbocycles. The minimum atomic E-state index is 0.640. The van der Waals surface area contributed by atoms with Gasteiger partial charge in [-0.25, -0.2) is 9.97 Å². The lowest BCUT2D eigenvalue weighted by molar-refractivity contribution is 0.340.